The van der Waals surface area contributed by atoms with Crippen LogP contribution in [0.1, 0.15) is 18.9 Å². The molecular weight excluding hydrogens is 324 g/mol. The summed E-state index contributed by atoms with van der Waals surface area (Å²) in [5, 5.41) is 7.87. The van der Waals surface area contributed by atoms with Crippen molar-refractivity contribution < 1.29 is 8.42 Å². The lowest BCUT2D eigenvalue weighted by molar-refractivity contribution is 0.351. The van der Waals surface area contributed by atoms with Gasteiger partial charge in [0.1, 0.15) is 5.52 Å². The van der Waals surface area contributed by atoms with Gasteiger partial charge in [0.25, 0.3) is 0 Å². The zero-order chi connectivity index (χ0) is 16.6. The van der Waals surface area contributed by atoms with E-state index in [0.717, 1.165) is 31.4 Å². The van der Waals surface area contributed by atoms with Gasteiger partial charge in [0, 0.05) is 12.7 Å². The van der Waals surface area contributed by atoms with Crippen LogP contribution in [0.5, 0.6) is 0 Å². The molecule has 2 aromatic heterocycles. The first-order valence-electron chi connectivity index (χ1n) is 8.02. The van der Waals surface area contributed by atoms with Gasteiger partial charge in [0.05, 0.1) is 16.5 Å². The molecule has 0 amide bonds. The Morgan fingerprint density at radius 2 is 1.96 bits per heavy atom. The Kier molecular flexibility index (Phi) is 3.82. The second kappa shape index (κ2) is 5.99. The first kappa shape index (κ1) is 15.3. The van der Waals surface area contributed by atoms with Crippen molar-refractivity contribution >= 4 is 20.9 Å². The van der Waals surface area contributed by atoms with E-state index in [1.54, 1.807) is 36.5 Å². The molecule has 1 saturated heterocycles. The van der Waals surface area contributed by atoms with Gasteiger partial charge in [-0.15, -0.1) is 0 Å². The van der Waals surface area contributed by atoms with Gasteiger partial charge in [-0.05, 0) is 43.7 Å². The van der Waals surface area contributed by atoms with Crippen molar-refractivity contribution in [2.24, 2.45) is 0 Å². The topological polar surface area (TPSA) is 76.9 Å². The van der Waals surface area contributed by atoms with Crippen molar-refractivity contribution in [3.63, 3.8) is 0 Å². The molecule has 0 spiro atoms. The lowest BCUT2D eigenvalue weighted by atomic mass is 10.1. The first-order valence-corrected chi connectivity index (χ1v) is 9.50. The fourth-order valence-corrected chi connectivity index (χ4v) is 4.50. The average Bonchev–Trinajstić information content (AvgIpc) is 3.04. The summed E-state index contributed by atoms with van der Waals surface area (Å²) in [5.74, 6) is 0. The summed E-state index contributed by atoms with van der Waals surface area (Å²) in [4.78, 5) is 4.55. The van der Waals surface area contributed by atoms with Crippen LogP contribution in [0.15, 0.2) is 58.6 Å². The molecule has 0 aliphatic carbocycles. The molecule has 1 aromatic carbocycles. The predicted octanol–water partition coefficient (Wildman–Crippen LogP) is 2.19. The largest absolute Gasteiger partial charge is 0.315 e. The number of rotatable bonds is 3. The summed E-state index contributed by atoms with van der Waals surface area (Å²) in [6.45, 7) is 1.78. The Morgan fingerprint density at radius 3 is 2.71 bits per heavy atom. The van der Waals surface area contributed by atoms with E-state index in [1.807, 2.05) is 16.8 Å². The maximum atomic E-state index is 13.0. The van der Waals surface area contributed by atoms with Gasteiger partial charge in [0.15, 0.2) is 0 Å². The number of aromatic nitrogens is 3. The molecule has 4 rings (SSSR count). The number of hydrogen-bond acceptors (Lipinski definition) is 5. The number of pyridine rings is 1. The van der Waals surface area contributed by atoms with Gasteiger partial charge < -0.3 is 5.32 Å². The number of piperidine rings is 1. The van der Waals surface area contributed by atoms with Crippen LogP contribution in [0, 0.1) is 0 Å². The number of hydrogen-bond donors (Lipinski definition) is 1. The number of fused-ring (bicyclic) bond motifs is 1. The van der Waals surface area contributed by atoms with Crippen LogP contribution in [-0.2, 0) is 9.84 Å². The lowest BCUT2D eigenvalue weighted by Gasteiger charge is -2.23. The van der Waals surface area contributed by atoms with E-state index in [9.17, 15) is 8.42 Å². The molecule has 1 fully saturated rings. The van der Waals surface area contributed by atoms with Crippen LogP contribution in [0.3, 0.4) is 0 Å². The minimum Gasteiger partial charge on any atom is -0.315 e. The molecule has 3 heterocycles. The molecule has 3 aromatic rings. The average molecular weight is 342 g/mol. The third kappa shape index (κ3) is 2.50. The summed E-state index contributed by atoms with van der Waals surface area (Å²) < 4.78 is 27.8. The van der Waals surface area contributed by atoms with Crippen LogP contribution in [0.25, 0.3) is 11.0 Å². The van der Waals surface area contributed by atoms with Crippen molar-refractivity contribution in [1.82, 2.24) is 20.1 Å². The number of nitrogens with zero attached hydrogens (tertiary/aromatic N) is 3. The molecule has 7 heteroatoms. The molecule has 0 radical (unpaired) electrons. The minimum atomic E-state index is -3.70. The number of nitrogens with one attached hydrogen (secondary N) is 1. The zero-order valence-corrected chi connectivity index (χ0v) is 13.9. The van der Waals surface area contributed by atoms with Crippen molar-refractivity contribution in [1.29, 1.82) is 0 Å². The van der Waals surface area contributed by atoms with Gasteiger partial charge in [-0.2, -0.15) is 5.10 Å². The quantitative estimate of drug-likeness (QED) is 0.789. The molecule has 0 bridgehead atoms. The molecule has 124 valence electrons. The lowest BCUT2D eigenvalue weighted by Crippen LogP contribution is -2.32. The number of sulfone groups is 1. The van der Waals surface area contributed by atoms with E-state index in [1.165, 1.54) is 0 Å². The van der Waals surface area contributed by atoms with Crippen LogP contribution in [0.4, 0.5) is 0 Å². The van der Waals surface area contributed by atoms with Crippen molar-refractivity contribution in [2.75, 3.05) is 13.1 Å². The van der Waals surface area contributed by atoms with Crippen LogP contribution in [-0.4, -0.2) is 36.3 Å². The monoisotopic (exact) mass is 342 g/mol. The van der Waals surface area contributed by atoms with Gasteiger partial charge in [-0.1, -0.05) is 18.2 Å². The normalized spacial score (nSPS) is 18.8. The highest BCUT2D eigenvalue weighted by atomic mass is 32.2. The van der Waals surface area contributed by atoms with E-state index in [2.05, 4.69) is 15.4 Å². The molecule has 0 saturated carbocycles. The first-order chi connectivity index (χ1) is 11.7. The summed E-state index contributed by atoms with van der Waals surface area (Å²) in [6.07, 6.45) is 3.63. The molecule has 1 aliphatic heterocycles. The van der Waals surface area contributed by atoms with E-state index in [0.29, 0.717) is 5.52 Å². The molecule has 1 aliphatic rings. The van der Waals surface area contributed by atoms with Crippen molar-refractivity contribution in [2.45, 2.75) is 28.8 Å². The third-order valence-electron chi connectivity index (χ3n) is 4.36. The summed E-state index contributed by atoms with van der Waals surface area (Å²) >= 11 is 0. The minimum absolute atomic E-state index is 0.0369. The summed E-state index contributed by atoms with van der Waals surface area (Å²) in [5.41, 5.74) is 1.20. The second-order valence-corrected chi connectivity index (χ2v) is 7.80. The third-order valence-corrected chi connectivity index (χ3v) is 6.04. The Morgan fingerprint density at radius 1 is 1.12 bits per heavy atom. The molecule has 1 N–H and O–H groups in total. The van der Waals surface area contributed by atoms with E-state index in [-0.39, 0.29) is 16.0 Å². The van der Waals surface area contributed by atoms with E-state index < -0.39 is 9.84 Å². The molecule has 1 unspecified atom stereocenters. The molecule has 1 atom stereocenters. The fraction of sp³-hybridized carbons (Fsp3) is 0.294. The molecular formula is C17H18N4O2S. The van der Waals surface area contributed by atoms with E-state index >= 15 is 0 Å². The standard InChI is InChI=1S/C17H18N4O2S/c22-24(23,14-7-2-1-3-8-14)17-16-15(9-5-11-19-16)21(20-17)13-6-4-10-18-12-13/h1-3,5,7-9,11,13,18H,4,6,10,12H2. The smallest absolute Gasteiger partial charge is 0.227 e. The van der Waals surface area contributed by atoms with Crippen molar-refractivity contribution in [3.8, 4) is 0 Å². The Hall–Kier alpha value is -2.25. The van der Waals surface area contributed by atoms with Crippen LogP contribution in [0.2, 0.25) is 0 Å². The zero-order valence-electron chi connectivity index (χ0n) is 13.1. The molecule has 6 nitrogen and oxygen atoms in total. The van der Waals surface area contributed by atoms with Crippen LogP contribution < -0.4 is 5.32 Å². The maximum absolute atomic E-state index is 13.0. The summed E-state index contributed by atoms with van der Waals surface area (Å²) in [6, 6.07) is 12.2. The number of benzene rings is 1. The van der Waals surface area contributed by atoms with Crippen LogP contribution >= 0.6 is 0 Å². The van der Waals surface area contributed by atoms with Gasteiger partial charge in [-0.3, -0.25) is 9.67 Å². The fourth-order valence-electron chi connectivity index (χ4n) is 3.16. The van der Waals surface area contributed by atoms with Gasteiger partial charge in [0.2, 0.25) is 14.9 Å². The highest BCUT2D eigenvalue weighted by Gasteiger charge is 2.28. The predicted molar refractivity (Wildman–Crippen MR) is 90.6 cm³/mol. The Bertz CT molecular complexity index is 961. The highest BCUT2D eigenvalue weighted by Crippen LogP contribution is 2.29. The highest BCUT2D eigenvalue weighted by molar-refractivity contribution is 7.91. The van der Waals surface area contributed by atoms with Gasteiger partial charge in [-0.25, -0.2) is 8.42 Å². The molecule has 24 heavy (non-hydrogen) atoms. The van der Waals surface area contributed by atoms with Crippen molar-refractivity contribution in [3.05, 3.63) is 48.7 Å². The maximum Gasteiger partial charge on any atom is 0.227 e. The SMILES string of the molecule is O=S(=O)(c1ccccc1)c1nn(C2CCCNC2)c2cccnc12. The summed E-state index contributed by atoms with van der Waals surface area (Å²) in [7, 11) is -3.70. The van der Waals surface area contributed by atoms with Gasteiger partial charge >= 0.3 is 0 Å². The second-order valence-electron chi connectivity index (χ2n) is 5.94. The van der Waals surface area contributed by atoms with E-state index in [4.69, 9.17) is 0 Å². The Labute approximate surface area is 140 Å². The Balaban J connectivity index is 1.90.